The van der Waals surface area contributed by atoms with Gasteiger partial charge in [-0.05, 0) is 38.5 Å². The zero-order valence-corrected chi connectivity index (χ0v) is 19.2. The van der Waals surface area contributed by atoms with E-state index in [0.29, 0.717) is 37.4 Å². The van der Waals surface area contributed by atoms with Crippen LogP contribution in [0.25, 0.3) is 5.57 Å². The van der Waals surface area contributed by atoms with Crippen LogP contribution in [0.3, 0.4) is 0 Å². The van der Waals surface area contributed by atoms with Crippen molar-refractivity contribution in [2.24, 2.45) is 4.99 Å². The van der Waals surface area contributed by atoms with Crippen LogP contribution in [0.4, 0.5) is 5.69 Å². The van der Waals surface area contributed by atoms with Gasteiger partial charge in [0.25, 0.3) is 11.5 Å². The lowest BCUT2D eigenvalue weighted by molar-refractivity contribution is -0.139. The van der Waals surface area contributed by atoms with E-state index >= 15 is 0 Å². The number of fused-ring (bicyclic) bond motifs is 2. The number of carbonyl (C=O) groups is 2. The Hall–Kier alpha value is -3.78. The average molecular weight is 460 g/mol. The van der Waals surface area contributed by atoms with Gasteiger partial charge >= 0.3 is 5.97 Å². The number of anilines is 1. The van der Waals surface area contributed by atoms with Crippen molar-refractivity contribution in [3.8, 4) is 0 Å². The number of aromatic nitrogens is 1. The summed E-state index contributed by atoms with van der Waals surface area (Å²) >= 11 is 1.16. The number of hydrogen-bond donors (Lipinski definition) is 1. The van der Waals surface area contributed by atoms with Crippen LogP contribution in [0, 0.1) is 6.92 Å². The molecule has 0 saturated carbocycles. The van der Waals surface area contributed by atoms with E-state index in [4.69, 9.17) is 4.74 Å². The molecule has 0 spiro atoms. The van der Waals surface area contributed by atoms with Crippen LogP contribution < -0.4 is 20.2 Å². The second-order valence-electron chi connectivity index (χ2n) is 7.91. The van der Waals surface area contributed by atoms with Crippen molar-refractivity contribution < 1.29 is 14.3 Å². The first-order chi connectivity index (χ1) is 15.9. The summed E-state index contributed by atoms with van der Waals surface area (Å²) in [6.45, 7) is 5.62. The van der Waals surface area contributed by atoms with E-state index in [1.165, 1.54) is 4.57 Å². The lowest BCUT2D eigenvalue weighted by Gasteiger charge is -2.24. The van der Waals surface area contributed by atoms with E-state index < -0.39 is 12.0 Å². The predicted octanol–water partition coefficient (Wildman–Crippen LogP) is 2.43. The Morgan fingerprint density at radius 2 is 1.91 bits per heavy atom. The molecule has 1 atom stereocenters. The number of esters is 1. The van der Waals surface area contributed by atoms with Crippen molar-refractivity contribution in [1.29, 1.82) is 0 Å². The van der Waals surface area contributed by atoms with Crippen molar-refractivity contribution >= 4 is 34.5 Å². The normalized spacial score (nSPS) is 18.4. The fraction of sp³-hybridized carbons (Fsp3) is 0.200. The van der Waals surface area contributed by atoms with Gasteiger partial charge in [0.2, 0.25) is 0 Å². The maximum atomic E-state index is 13.8. The molecular weight excluding hydrogens is 438 g/mol. The molecule has 0 radical (unpaired) electrons. The highest BCUT2D eigenvalue weighted by molar-refractivity contribution is 7.07. The average Bonchev–Trinajstić information content (AvgIpc) is 3.28. The third kappa shape index (κ3) is 3.34. The van der Waals surface area contributed by atoms with Crippen LogP contribution in [-0.2, 0) is 14.3 Å². The maximum absolute atomic E-state index is 13.8. The second-order valence-corrected chi connectivity index (χ2v) is 8.89. The van der Waals surface area contributed by atoms with Gasteiger partial charge in [-0.2, -0.15) is 0 Å². The van der Waals surface area contributed by atoms with Crippen LogP contribution in [0.1, 0.15) is 36.6 Å². The molecule has 7 nitrogen and oxygen atoms in total. The van der Waals surface area contributed by atoms with Gasteiger partial charge in [0, 0.05) is 11.3 Å². The smallest absolute Gasteiger partial charge is 0.338 e. The van der Waals surface area contributed by atoms with E-state index in [2.05, 4.69) is 10.3 Å². The molecule has 2 aliphatic rings. The number of carbonyl (C=O) groups excluding carboxylic acids is 2. The van der Waals surface area contributed by atoms with Gasteiger partial charge in [0.15, 0.2) is 4.80 Å². The Kier molecular flexibility index (Phi) is 5.09. The number of allylic oxidation sites excluding steroid dienone is 1. The summed E-state index contributed by atoms with van der Waals surface area (Å²) in [6, 6.07) is 14.3. The number of aryl methyl sites for hydroxylation is 1. The zero-order valence-electron chi connectivity index (χ0n) is 18.3. The predicted molar refractivity (Wildman–Crippen MR) is 126 cm³/mol. The second kappa shape index (κ2) is 7.97. The van der Waals surface area contributed by atoms with Gasteiger partial charge in [0.1, 0.15) is 4.53 Å². The molecule has 3 heterocycles. The van der Waals surface area contributed by atoms with Crippen molar-refractivity contribution in [2.75, 3.05) is 11.9 Å². The number of nitrogens with one attached hydrogen (secondary N) is 1. The molecule has 3 aromatic rings. The first-order valence-corrected chi connectivity index (χ1v) is 11.4. The molecule has 0 fully saturated rings. The summed E-state index contributed by atoms with van der Waals surface area (Å²) in [5.74, 6) is -0.830. The van der Waals surface area contributed by atoms with E-state index in [0.717, 1.165) is 22.5 Å². The number of thiazole rings is 1. The molecule has 33 heavy (non-hydrogen) atoms. The topological polar surface area (TPSA) is 89.8 Å². The summed E-state index contributed by atoms with van der Waals surface area (Å²) in [4.78, 5) is 44.6. The first kappa shape index (κ1) is 21.1. The molecular formula is C25H21N3O4S. The molecule has 0 bridgehead atoms. The fourth-order valence-corrected chi connectivity index (χ4v) is 5.44. The number of rotatable bonds is 3. The number of benzene rings is 2. The van der Waals surface area contributed by atoms with Crippen LogP contribution in [0.2, 0.25) is 0 Å². The van der Waals surface area contributed by atoms with Crippen molar-refractivity contribution in [2.45, 2.75) is 26.8 Å². The summed E-state index contributed by atoms with van der Waals surface area (Å²) in [7, 11) is 0. The van der Waals surface area contributed by atoms with Crippen LogP contribution in [-0.4, -0.2) is 23.1 Å². The lowest BCUT2D eigenvalue weighted by atomic mass is 9.96. The molecule has 0 saturated heterocycles. The molecule has 0 unspecified atom stereocenters. The maximum Gasteiger partial charge on any atom is 0.338 e. The number of amides is 1. The van der Waals surface area contributed by atoms with Crippen LogP contribution >= 0.6 is 11.3 Å². The molecule has 1 amide bonds. The van der Waals surface area contributed by atoms with Gasteiger partial charge in [-0.3, -0.25) is 14.2 Å². The highest BCUT2D eigenvalue weighted by Gasteiger charge is 2.35. The largest absolute Gasteiger partial charge is 0.463 e. The minimum absolute atomic E-state index is 0.210. The minimum Gasteiger partial charge on any atom is -0.463 e. The Labute approximate surface area is 193 Å². The van der Waals surface area contributed by atoms with Gasteiger partial charge < -0.3 is 10.1 Å². The van der Waals surface area contributed by atoms with Gasteiger partial charge in [-0.25, -0.2) is 9.79 Å². The van der Waals surface area contributed by atoms with Gasteiger partial charge in [0.05, 0.1) is 29.5 Å². The summed E-state index contributed by atoms with van der Waals surface area (Å²) in [5.41, 5.74) is 3.91. The highest BCUT2D eigenvalue weighted by atomic mass is 32.1. The Balaban J connectivity index is 1.83. The molecule has 5 rings (SSSR count). The molecule has 2 aromatic carbocycles. The Morgan fingerprint density at radius 1 is 1.15 bits per heavy atom. The number of hydrogen-bond acceptors (Lipinski definition) is 6. The fourth-order valence-electron chi connectivity index (χ4n) is 4.30. The van der Waals surface area contributed by atoms with Crippen molar-refractivity contribution in [1.82, 2.24) is 4.57 Å². The molecule has 2 aliphatic heterocycles. The number of ether oxygens (including phenoxy) is 1. The zero-order chi connectivity index (χ0) is 23.3. The Morgan fingerprint density at radius 3 is 2.64 bits per heavy atom. The van der Waals surface area contributed by atoms with E-state index in [-0.39, 0.29) is 18.1 Å². The molecule has 1 N–H and O–H groups in total. The minimum atomic E-state index is -0.697. The van der Waals surface area contributed by atoms with E-state index in [1.54, 1.807) is 13.8 Å². The van der Waals surface area contributed by atoms with E-state index in [9.17, 15) is 14.4 Å². The standard InChI is InChI=1S/C25H21N3O4S/c1-4-32-24(31)18-14(3)26-25-28(20(18)15-8-6-5-7-9-15)23(30)21(33-25)19-16-12-13(2)10-11-17(16)27-22(19)29/h5-12,20H,4H2,1-3H3,(H,27,29)/b21-19-/t20-/m1/s1. The summed E-state index contributed by atoms with van der Waals surface area (Å²) < 4.78 is 7.11. The third-order valence-electron chi connectivity index (χ3n) is 5.75. The molecule has 0 aliphatic carbocycles. The molecule has 166 valence electrons. The third-order valence-corrected chi connectivity index (χ3v) is 6.81. The van der Waals surface area contributed by atoms with E-state index in [1.807, 2.05) is 55.5 Å². The van der Waals surface area contributed by atoms with Crippen molar-refractivity contribution in [3.63, 3.8) is 0 Å². The number of nitrogens with zero attached hydrogens (tertiary/aromatic N) is 2. The van der Waals surface area contributed by atoms with Gasteiger partial charge in [-0.15, -0.1) is 0 Å². The summed E-state index contributed by atoms with van der Waals surface area (Å²) in [5, 5.41) is 2.84. The summed E-state index contributed by atoms with van der Waals surface area (Å²) in [6.07, 6.45) is 0. The Bertz CT molecular complexity index is 1530. The highest BCUT2D eigenvalue weighted by Crippen LogP contribution is 2.32. The first-order valence-electron chi connectivity index (χ1n) is 10.6. The molecule has 8 heteroatoms. The SMILES string of the molecule is CCOC(=O)C1=C(C)N=c2s/c(=C3\C(=O)Nc4ccc(C)cc43)c(=O)n2[C@@H]1c1ccccc1. The van der Waals surface area contributed by atoms with Crippen molar-refractivity contribution in [3.05, 3.63) is 96.2 Å². The van der Waals surface area contributed by atoms with Crippen LogP contribution in [0.15, 0.2) is 69.6 Å². The molecule has 1 aromatic heterocycles. The monoisotopic (exact) mass is 459 g/mol. The van der Waals surface area contributed by atoms with Crippen LogP contribution in [0.5, 0.6) is 0 Å². The van der Waals surface area contributed by atoms with Gasteiger partial charge in [-0.1, -0.05) is 53.3 Å². The quantitative estimate of drug-likeness (QED) is 0.610. The lowest BCUT2D eigenvalue weighted by Crippen LogP contribution is -2.40.